The van der Waals surface area contributed by atoms with Crippen LogP contribution in [0.1, 0.15) is 26.2 Å². The lowest BCUT2D eigenvalue weighted by Gasteiger charge is -2.33. The second-order valence-electron chi connectivity index (χ2n) is 5.57. The monoisotopic (exact) mass is 260 g/mol. The second kappa shape index (κ2) is 6.20. The lowest BCUT2D eigenvalue weighted by atomic mass is 9.78. The molecule has 0 aromatic heterocycles. The fourth-order valence-electron chi connectivity index (χ4n) is 3.12. The summed E-state index contributed by atoms with van der Waals surface area (Å²) in [6.07, 6.45) is 10.8. The standard InChI is InChI=1S/C16H24N2O/c1-3-5-6-14(4-2)15(19)18-12-9-16(13-18)7-10-17-11-8-16/h3-6,17H,1,7-13H2,2H3/b6-5-,14-4+. The first-order valence-corrected chi connectivity index (χ1v) is 7.16. The summed E-state index contributed by atoms with van der Waals surface area (Å²) < 4.78 is 0. The molecule has 2 heterocycles. The van der Waals surface area contributed by atoms with Crippen LogP contribution < -0.4 is 5.32 Å². The van der Waals surface area contributed by atoms with Crippen molar-refractivity contribution in [2.45, 2.75) is 26.2 Å². The highest BCUT2D eigenvalue weighted by Gasteiger charge is 2.40. The van der Waals surface area contributed by atoms with Crippen LogP contribution in [0.3, 0.4) is 0 Å². The van der Waals surface area contributed by atoms with Gasteiger partial charge in [-0.3, -0.25) is 4.79 Å². The van der Waals surface area contributed by atoms with Gasteiger partial charge in [-0.1, -0.05) is 24.8 Å². The first-order chi connectivity index (χ1) is 9.21. The van der Waals surface area contributed by atoms with Crippen molar-refractivity contribution in [1.82, 2.24) is 10.2 Å². The normalized spacial score (nSPS) is 23.2. The lowest BCUT2D eigenvalue weighted by molar-refractivity contribution is -0.126. The summed E-state index contributed by atoms with van der Waals surface area (Å²) in [4.78, 5) is 14.5. The molecule has 0 unspecified atom stereocenters. The van der Waals surface area contributed by atoms with Crippen LogP contribution in [0.15, 0.2) is 36.5 Å². The zero-order valence-corrected chi connectivity index (χ0v) is 11.8. The summed E-state index contributed by atoms with van der Waals surface area (Å²) >= 11 is 0. The molecule has 3 heteroatoms. The van der Waals surface area contributed by atoms with Crippen molar-refractivity contribution in [2.24, 2.45) is 5.41 Å². The van der Waals surface area contributed by atoms with Gasteiger partial charge in [0.05, 0.1) is 0 Å². The molecule has 2 aliphatic heterocycles. The van der Waals surface area contributed by atoms with Crippen molar-refractivity contribution >= 4 is 5.91 Å². The SMILES string of the molecule is C=C/C=C\C(=C/C)C(=O)N1CCC2(CCNCC2)C1. The number of piperidine rings is 1. The Morgan fingerprint density at radius 2 is 2.05 bits per heavy atom. The van der Waals surface area contributed by atoms with Crippen LogP contribution in [-0.4, -0.2) is 37.0 Å². The van der Waals surface area contributed by atoms with Gasteiger partial charge in [0.2, 0.25) is 0 Å². The van der Waals surface area contributed by atoms with Gasteiger partial charge in [0.1, 0.15) is 0 Å². The fraction of sp³-hybridized carbons (Fsp3) is 0.562. The maximum atomic E-state index is 12.5. The molecule has 3 nitrogen and oxygen atoms in total. The van der Waals surface area contributed by atoms with Gasteiger partial charge in [0, 0.05) is 18.7 Å². The molecule has 2 aliphatic rings. The number of allylic oxidation sites excluding steroid dienone is 3. The van der Waals surface area contributed by atoms with Crippen LogP contribution in [0.5, 0.6) is 0 Å². The number of nitrogens with one attached hydrogen (secondary N) is 1. The summed E-state index contributed by atoms with van der Waals surface area (Å²) in [5.74, 6) is 0.163. The van der Waals surface area contributed by atoms with E-state index in [1.165, 1.54) is 12.8 Å². The maximum Gasteiger partial charge on any atom is 0.253 e. The average molecular weight is 260 g/mol. The molecular weight excluding hydrogens is 236 g/mol. The van der Waals surface area contributed by atoms with E-state index in [0.717, 1.165) is 38.2 Å². The van der Waals surface area contributed by atoms with Crippen LogP contribution in [0, 0.1) is 5.41 Å². The minimum atomic E-state index is 0.163. The first-order valence-electron chi connectivity index (χ1n) is 7.16. The summed E-state index contributed by atoms with van der Waals surface area (Å²) in [6, 6.07) is 0. The molecular formula is C16H24N2O. The molecule has 1 spiro atoms. The van der Waals surface area contributed by atoms with Gasteiger partial charge in [0.25, 0.3) is 5.91 Å². The van der Waals surface area contributed by atoms with E-state index in [-0.39, 0.29) is 5.91 Å². The van der Waals surface area contributed by atoms with Gasteiger partial charge < -0.3 is 10.2 Å². The zero-order chi connectivity index (χ0) is 13.7. The van der Waals surface area contributed by atoms with E-state index in [0.29, 0.717) is 5.41 Å². The molecule has 0 saturated carbocycles. The number of likely N-dealkylation sites (tertiary alicyclic amines) is 1. The van der Waals surface area contributed by atoms with Crippen LogP contribution in [0.2, 0.25) is 0 Å². The molecule has 0 aromatic rings. The predicted octanol–water partition coefficient (Wildman–Crippen LogP) is 2.28. The number of nitrogens with zero attached hydrogens (tertiary/aromatic N) is 1. The van der Waals surface area contributed by atoms with Crippen molar-refractivity contribution in [3.05, 3.63) is 36.5 Å². The molecule has 0 bridgehead atoms. The summed E-state index contributed by atoms with van der Waals surface area (Å²) in [7, 11) is 0. The van der Waals surface area contributed by atoms with Crippen molar-refractivity contribution in [3.63, 3.8) is 0 Å². The second-order valence-corrected chi connectivity index (χ2v) is 5.57. The largest absolute Gasteiger partial charge is 0.338 e. The van der Waals surface area contributed by atoms with Crippen molar-refractivity contribution < 1.29 is 4.79 Å². The van der Waals surface area contributed by atoms with E-state index < -0.39 is 0 Å². The van der Waals surface area contributed by atoms with Crippen LogP contribution >= 0.6 is 0 Å². The minimum absolute atomic E-state index is 0.163. The van der Waals surface area contributed by atoms with E-state index in [2.05, 4.69) is 11.9 Å². The highest BCUT2D eigenvalue weighted by molar-refractivity contribution is 5.96. The molecule has 2 saturated heterocycles. The van der Waals surface area contributed by atoms with Gasteiger partial charge in [-0.25, -0.2) is 0 Å². The average Bonchev–Trinajstić information content (AvgIpc) is 2.84. The van der Waals surface area contributed by atoms with Crippen molar-refractivity contribution in [3.8, 4) is 0 Å². The molecule has 104 valence electrons. The Morgan fingerprint density at radius 1 is 1.32 bits per heavy atom. The molecule has 0 aromatic carbocycles. The smallest absolute Gasteiger partial charge is 0.253 e. The highest BCUT2D eigenvalue weighted by atomic mass is 16.2. The van der Waals surface area contributed by atoms with Crippen LogP contribution in [0.25, 0.3) is 0 Å². The number of hydrogen-bond donors (Lipinski definition) is 1. The number of carbonyl (C=O) groups is 1. The fourth-order valence-corrected chi connectivity index (χ4v) is 3.12. The van der Waals surface area contributed by atoms with Gasteiger partial charge in [0.15, 0.2) is 0 Å². The van der Waals surface area contributed by atoms with E-state index >= 15 is 0 Å². The Balaban J connectivity index is 2.01. The third-order valence-corrected chi connectivity index (χ3v) is 4.36. The van der Waals surface area contributed by atoms with Crippen LogP contribution in [0.4, 0.5) is 0 Å². The molecule has 2 fully saturated rings. The molecule has 1 N–H and O–H groups in total. The Bertz CT molecular complexity index is 403. The highest BCUT2D eigenvalue weighted by Crippen LogP contribution is 2.38. The maximum absolute atomic E-state index is 12.5. The van der Waals surface area contributed by atoms with E-state index in [1.54, 1.807) is 6.08 Å². The Labute approximate surface area is 116 Å². The third-order valence-electron chi connectivity index (χ3n) is 4.36. The van der Waals surface area contributed by atoms with E-state index in [9.17, 15) is 4.79 Å². The molecule has 0 aliphatic carbocycles. The number of hydrogen-bond acceptors (Lipinski definition) is 2. The third kappa shape index (κ3) is 3.16. The Kier molecular flexibility index (Phi) is 4.59. The Morgan fingerprint density at radius 3 is 2.68 bits per heavy atom. The predicted molar refractivity (Wildman–Crippen MR) is 78.8 cm³/mol. The molecule has 2 rings (SSSR count). The van der Waals surface area contributed by atoms with E-state index in [4.69, 9.17) is 0 Å². The minimum Gasteiger partial charge on any atom is -0.338 e. The van der Waals surface area contributed by atoms with Gasteiger partial charge in [-0.2, -0.15) is 0 Å². The number of amides is 1. The van der Waals surface area contributed by atoms with E-state index in [1.807, 2.05) is 30.1 Å². The van der Waals surface area contributed by atoms with Gasteiger partial charge in [-0.05, 0) is 50.8 Å². The number of rotatable bonds is 3. The summed E-state index contributed by atoms with van der Waals surface area (Å²) in [5, 5.41) is 3.40. The molecule has 0 radical (unpaired) electrons. The van der Waals surface area contributed by atoms with Crippen molar-refractivity contribution in [2.75, 3.05) is 26.2 Å². The zero-order valence-electron chi connectivity index (χ0n) is 11.8. The molecule has 19 heavy (non-hydrogen) atoms. The van der Waals surface area contributed by atoms with Crippen molar-refractivity contribution in [1.29, 1.82) is 0 Å². The van der Waals surface area contributed by atoms with Crippen LogP contribution in [-0.2, 0) is 4.79 Å². The molecule has 0 atom stereocenters. The Hall–Kier alpha value is -1.35. The van der Waals surface area contributed by atoms with Gasteiger partial charge in [-0.15, -0.1) is 0 Å². The first kappa shape index (κ1) is 14.1. The van der Waals surface area contributed by atoms with Gasteiger partial charge >= 0.3 is 0 Å². The summed E-state index contributed by atoms with van der Waals surface area (Å²) in [6.45, 7) is 9.57. The summed E-state index contributed by atoms with van der Waals surface area (Å²) in [5.41, 5.74) is 1.15. The molecule has 1 amide bonds. The lowest BCUT2D eigenvalue weighted by Crippen LogP contribution is -2.40. The number of carbonyl (C=O) groups excluding carboxylic acids is 1. The quantitative estimate of drug-likeness (QED) is 0.623. The topological polar surface area (TPSA) is 32.3 Å².